The smallest absolute Gasteiger partial charge is 0.104 e. The number of nitrogens with two attached hydrogens (primary N) is 1. The van der Waals surface area contributed by atoms with Crippen molar-refractivity contribution in [3.63, 3.8) is 0 Å². The van der Waals surface area contributed by atoms with Crippen LogP contribution in [0, 0.1) is 17.3 Å². The number of fused-ring (bicyclic) bond motifs is 1. The van der Waals surface area contributed by atoms with Crippen molar-refractivity contribution < 1.29 is 4.42 Å². The van der Waals surface area contributed by atoms with Crippen LogP contribution in [0.15, 0.2) is 22.8 Å². The fourth-order valence-electron chi connectivity index (χ4n) is 3.17. The molecule has 0 saturated heterocycles. The third-order valence-electron chi connectivity index (χ3n) is 4.02. The van der Waals surface area contributed by atoms with E-state index < -0.39 is 0 Å². The highest BCUT2D eigenvalue weighted by atomic mass is 16.3. The van der Waals surface area contributed by atoms with Crippen LogP contribution in [-0.2, 0) is 6.42 Å². The van der Waals surface area contributed by atoms with Crippen molar-refractivity contribution in [3.05, 3.63) is 24.2 Å². The average Bonchev–Trinajstić information content (AvgIpc) is 2.68. The summed E-state index contributed by atoms with van der Waals surface area (Å²) in [6, 6.07) is 4.04. The highest BCUT2D eigenvalue weighted by Crippen LogP contribution is 2.60. The second-order valence-electron chi connectivity index (χ2n) is 5.12. The van der Waals surface area contributed by atoms with E-state index in [-0.39, 0.29) is 0 Å². The molecular formula is C12H17NO. The number of hydrogen-bond donors (Lipinski definition) is 1. The average molecular weight is 191 g/mol. The van der Waals surface area contributed by atoms with Crippen LogP contribution in [0.25, 0.3) is 0 Å². The molecule has 2 saturated carbocycles. The van der Waals surface area contributed by atoms with Crippen LogP contribution < -0.4 is 5.73 Å². The van der Waals surface area contributed by atoms with Gasteiger partial charge < -0.3 is 10.2 Å². The first-order chi connectivity index (χ1) is 6.81. The molecule has 76 valence electrons. The molecule has 1 aromatic rings. The lowest BCUT2D eigenvalue weighted by Crippen LogP contribution is -2.31. The summed E-state index contributed by atoms with van der Waals surface area (Å²) in [6.07, 6.45) is 6.92. The van der Waals surface area contributed by atoms with E-state index in [1.807, 2.05) is 6.07 Å². The first kappa shape index (κ1) is 8.54. The van der Waals surface area contributed by atoms with Crippen LogP contribution >= 0.6 is 0 Å². The summed E-state index contributed by atoms with van der Waals surface area (Å²) in [5.74, 6) is 3.10. The Morgan fingerprint density at radius 2 is 2.21 bits per heavy atom. The molecule has 2 aliphatic rings. The highest BCUT2D eigenvalue weighted by Gasteiger charge is 2.53. The summed E-state index contributed by atoms with van der Waals surface area (Å²) in [6.45, 7) is 0.820. The molecule has 2 heteroatoms. The molecule has 2 nitrogen and oxygen atoms in total. The molecule has 0 aliphatic heterocycles. The van der Waals surface area contributed by atoms with Gasteiger partial charge in [-0.1, -0.05) is 0 Å². The largest absolute Gasteiger partial charge is 0.469 e. The van der Waals surface area contributed by atoms with E-state index in [0.717, 1.165) is 30.6 Å². The van der Waals surface area contributed by atoms with Gasteiger partial charge in [-0.15, -0.1) is 0 Å². The van der Waals surface area contributed by atoms with Crippen LogP contribution in [0.3, 0.4) is 0 Å². The lowest BCUT2D eigenvalue weighted by atomic mass is 9.79. The Bertz CT molecular complexity index is 307. The quantitative estimate of drug-likeness (QED) is 0.795. The van der Waals surface area contributed by atoms with Gasteiger partial charge >= 0.3 is 0 Å². The summed E-state index contributed by atoms with van der Waals surface area (Å²) in [4.78, 5) is 0. The van der Waals surface area contributed by atoms with Crippen molar-refractivity contribution in [2.75, 3.05) is 6.54 Å². The minimum Gasteiger partial charge on any atom is -0.469 e. The molecule has 0 bridgehead atoms. The van der Waals surface area contributed by atoms with Gasteiger partial charge in [-0.25, -0.2) is 0 Å². The van der Waals surface area contributed by atoms with Gasteiger partial charge in [0.1, 0.15) is 5.76 Å². The maximum Gasteiger partial charge on any atom is 0.104 e. The van der Waals surface area contributed by atoms with Crippen molar-refractivity contribution in [2.45, 2.75) is 25.7 Å². The van der Waals surface area contributed by atoms with Crippen molar-refractivity contribution in [3.8, 4) is 0 Å². The lowest BCUT2D eigenvalue weighted by Gasteiger charge is -2.28. The van der Waals surface area contributed by atoms with Gasteiger partial charge in [0.05, 0.1) is 6.26 Å². The molecule has 2 aliphatic carbocycles. The van der Waals surface area contributed by atoms with E-state index in [1.165, 1.54) is 19.3 Å². The molecular weight excluding hydrogens is 174 g/mol. The van der Waals surface area contributed by atoms with Crippen LogP contribution in [0.4, 0.5) is 0 Å². The van der Waals surface area contributed by atoms with E-state index in [4.69, 9.17) is 10.2 Å². The molecule has 0 aromatic carbocycles. The van der Waals surface area contributed by atoms with Gasteiger partial charge in [-0.3, -0.25) is 0 Å². The Morgan fingerprint density at radius 1 is 1.43 bits per heavy atom. The molecule has 0 radical (unpaired) electrons. The maximum absolute atomic E-state index is 5.93. The van der Waals surface area contributed by atoms with Crippen molar-refractivity contribution in [2.24, 2.45) is 23.0 Å². The molecule has 2 fully saturated rings. The van der Waals surface area contributed by atoms with E-state index >= 15 is 0 Å². The third kappa shape index (κ3) is 1.29. The zero-order valence-electron chi connectivity index (χ0n) is 8.41. The monoisotopic (exact) mass is 191 g/mol. The summed E-state index contributed by atoms with van der Waals surface area (Å²) in [5, 5.41) is 0. The predicted octanol–water partition coefficient (Wildman–Crippen LogP) is 2.20. The van der Waals surface area contributed by atoms with Gasteiger partial charge in [0, 0.05) is 6.42 Å². The number of hydrogen-bond acceptors (Lipinski definition) is 2. The fourth-order valence-corrected chi connectivity index (χ4v) is 3.17. The standard InChI is InChI=1S/C12H17NO/c13-8-12(5-9-4-10(9)6-12)7-11-2-1-3-14-11/h1-3,9-10H,4-8,13H2. The van der Waals surface area contributed by atoms with Crippen LogP contribution in [0.1, 0.15) is 25.0 Å². The fraction of sp³-hybridized carbons (Fsp3) is 0.667. The molecule has 3 rings (SSSR count). The maximum atomic E-state index is 5.93. The number of rotatable bonds is 3. The highest BCUT2D eigenvalue weighted by molar-refractivity contribution is 5.10. The Balaban J connectivity index is 1.75. The SMILES string of the molecule is NCC1(Cc2ccco2)CC2CC2C1. The summed E-state index contributed by atoms with van der Waals surface area (Å²) >= 11 is 0. The second-order valence-corrected chi connectivity index (χ2v) is 5.12. The first-order valence-electron chi connectivity index (χ1n) is 5.54. The molecule has 2 unspecified atom stereocenters. The van der Waals surface area contributed by atoms with E-state index in [0.29, 0.717) is 5.41 Å². The van der Waals surface area contributed by atoms with Crippen molar-refractivity contribution in [1.29, 1.82) is 0 Å². The lowest BCUT2D eigenvalue weighted by molar-refractivity contribution is 0.253. The van der Waals surface area contributed by atoms with E-state index in [9.17, 15) is 0 Å². The predicted molar refractivity (Wildman–Crippen MR) is 54.7 cm³/mol. The van der Waals surface area contributed by atoms with Gasteiger partial charge in [0.15, 0.2) is 0 Å². The molecule has 0 amide bonds. The summed E-state index contributed by atoms with van der Waals surface area (Å²) in [7, 11) is 0. The molecule has 2 N–H and O–H groups in total. The van der Waals surface area contributed by atoms with E-state index in [1.54, 1.807) is 6.26 Å². The van der Waals surface area contributed by atoms with Gasteiger partial charge in [0.25, 0.3) is 0 Å². The molecule has 0 spiro atoms. The minimum atomic E-state index is 0.367. The normalized spacial score (nSPS) is 39.8. The zero-order valence-corrected chi connectivity index (χ0v) is 8.41. The van der Waals surface area contributed by atoms with Gasteiger partial charge in [-0.05, 0) is 55.2 Å². The summed E-state index contributed by atoms with van der Waals surface area (Å²) < 4.78 is 5.42. The molecule has 1 aromatic heterocycles. The number of furan rings is 1. The minimum absolute atomic E-state index is 0.367. The molecule has 1 heterocycles. The van der Waals surface area contributed by atoms with Crippen molar-refractivity contribution >= 4 is 0 Å². The molecule has 2 atom stereocenters. The Labute approximate surface area is 84.5 Å². The van der Waals surface area contributed by atoms with Crippen LogP contribution in [0.2, 0.25) is 0 Å². The topological polar surface area (TPSA) is 39.2 Å². The van der Waals surface area contributed by atoms with Gasteiger partial charge in [-0.2, -0.15) is 0 Å². The Kier molecular flexibility index (Phi) is 1.75. The van der Waals surface area contributed by atoms with Gasteiger partial charge in [0.2, 0.25) is 0 Å². The van der Waals surface area contributed by atoms with Crippen molar-refractivity contribution in [1.82, 2.24) is 0 Å². The van der Waals surface area contributed by atoms with Crippen LogP contribution in [-0.4, -0.2) is 6.54 Å². The zero-order chi connectivity index (χ0) is 9.60. The summed E-state index contributed by atoms with van der Waals surface area (Å²) in [5.41, 5.74) is 6.29. The first-order valence-corrected chi connectivity index (χ1v) is 5.54. The van der Waals surface area contributed by atoms with E-state index in [2.05, 4.69) is 6.07 Å². The second kappa shape index (κ2) is 2.86. The Hall–Kier alpha value is -0.760. The molecule has 14 heavy (non-hydrogen) atoms. The Morgan fingerprint density at radius 3 is 2.79 bits per heavy atom. The third-order valence-corrected chi connectivity index (χ3v) is 4.02. The van der Waals surface area contributed by atoms with Crippen LogP contribution in [0.5, 0.6) is 0 Å².